The Morgan fingerprint density at radius 1 is 1.37 bits per heavy atom. The number of nitrogen functional groups attached to an aromatic ring is 1. The zero-order valence-electron chi connectivity index (χ0n) is 20.6. The quantitative estimate of drug-likeness (QED) is 0.164. The first-order valence-corrected chi connectivity index (χ1v) is 13.2. The number of hydrogen-bond acceptors (Lipinski definition) is 11. The van der Waals surface area contributed by atoms with Crippen LogP contribution in [0.2, 0.25) is 0 Å². The second-order valence-corrected chi connectivity index (χ2v) is 10.2. The molecule has 1 aliphatic rings. The number of aliphatic hydroxyl groups excluding tert-OH is 1. The van der Waals surface area contributed by atoms with Crippen LogP contribution in [0.15, 0.2) is 48.9 Å². The van der Waals surface area contributed by atoms with E-state index < -0.39 is 50.4 Å². The Bertz CT molecular complexity index is 1380. The molecule has 1 saturated heterocycles. The van der Waals surface area contributed by atoms with Crippen molar-refractivity contribution in [3.63, 3.8) is 0 Å². The highest BCUT2D eigenvalue weighted by molar-refractivity contribution is 7.52. The Hall–Kier alpha value is -3.50. The third-order valence-electron chi connectivity index (χ3n) is 5.88. The van der Waals surface area contributed by atoms with Crippen molar-refractivity contribution >= 4 is 30.6 Å². The second kappa shape index (κ2) is 11.1. The SMILES string of the molecule is C#C[C@@]1(O)[C@H](O)[C@@H](COP(=O)(N[C@@H](C)C(=O)OCC)Oc2ccccc2)O[C@H]1n1ccc2c(N)ncnc21. The average molecular weight is 545 g/mol. The zero-order valence-corrected chi connectivity index (χ0v) is 21.5. The van der Waals surface area contributed by atoms with Gasteiger partial charge in [0.15, 0.2) is 11.8 Å². The summed E-state index contributed by atoms with van der Waals surface area (Å²) in [4.78, 5) is 20.3. The van der Waals surface area contributed by atoms with Gasteiger partial charge in [0.25, 0.3) is 0 Å². The molecular formula is C24H28N5O8P. The zero-order chi connectivity index (χ0) is 27.5. The van der Waals surface area contributed by atoms with Gasteiger partial charge in [-0.3, -0.25) is 9.32 Å². The molecule has 2 aromatic heterocycles. The Balaban J connectivity index is 1.57. The van der Waals surface area contributed by atoms with Crippen molar-refractivity contribution < 1.29 is 38.1 Å². The molecular weight excluding hydrogens is 517 g/mol. The molecule has 3 heterocycles. The van der Waals surface area contributed by atoms with Gasteiger partial charge in [-0.25, -0.2) is 14.5 Å². The largest absolute Gasteiger partial charge is 0.465 e. The number of para-hydroxylation sites is 1. The predicted octanol–water partition coefficient (Wildman–Crippen LogP) is 1.38. The summed E-state index contributed by atoms with van der Waals surface area (Å²) in [6.07, 6.45) is 4.15. The van der Waals surface area contributed by atoms with Crippen LogP contribution in [0, 0.1) is 12.3 Å². The highest BCUT2D eigenvalue weighted by atomic mass is 31.2. The third-order valence-corrected chi connectivity index (χ3v) is 7.52. The number of nitrogens with two attached hydrogens (primary N) is 1. The highest BCUT2D eigenvalue weighted by Gasteiger charge is 2.56. The van der Waals surface area contributed by atoms with Gasteiger partial charge in [-0.1, -0.05) is 24.1 Å². The summed E-state index contributed by atoms with van der Waals surface area (Å²) in [6, 6.07) is 8.70. The van der Waals surface area contributed by atoms with E-state index in [1.165, 1.54) is 24.0 Å². The summed E-state index contributed by atoms with van der Waals surface area (Å²) >= 11 is 0. The lowest BCUT2D eigenvalue weighted by molar-refractivity contribution is -0.144. The Morgan fingerprint density at radius 3 is 2.79 bits per heavy atom. The highest BCUT2D eigenvalue weighted by Crippen LogP contribution is 2.47. The van der Waals surface area contributed by atoms with Gasteiger partial charge >= 0.3 is 13.7 Å². The number of ether oxygens (including phenoxy) is 2. The molecule has 0 radical (unpaired) electrons. The number of nitrogens with one attached hydrogen (secondary N) is 1. The molecule has 1 aliphatic heterocycles. The van der Waals surface area contributed by atoms with E-state index in [9.17, 15) is 19.6 Å². The molecule has 0 spiro atoms. The van der Waals surface area contributed by atoms with Crippen LogP contribution in [0.1, 0.15) is 20.1 Å². The number of aliphatic hydroxyl groups is 2. The van der Waals surface area contributed by atoms with E-state index in [-0.39, 0.29) is 18.2 Å². The fourth-order valence-corrected chi connectivity index (χ4v) is 5.46. The summed E-state index contributed by atoms with van der Waals surface area (Å²) in [5.41, 5.74) is 4.00. The number of carbonyl (C=O) groups is 1. The number of nitrogens with zero attached hydrogens (tertiary/aromatic N) is 3. The maximum absolute atomic E-state index is 13.7. The van der Waals surface area contributed by atoms with Gasteiger partial charge in [0.1, 0.15) is 41.8 Å². The van der Waals surface area contributed by atoms with Crippen LogP contribution >= 0.6 is 7.75 Å². The molecule has 14 heteroatoms. The molecule has 0 saturated carbocycles. The maximum atomic E-state index is 13.7. The monoisotopic (exact) mass is 545 g/mol. The summed E-state index contributed by atoms with van der Waals surface area (Å²) < 4.78 is 37.1. The predicted molar refractivity (Wildman–Crippen MR) is 135 cm³/mol. The van der Waals surface area contributed by atoms with Crippen molar-refractivity contribution in [2.45, 2.75) is 43.9 Å². The van der Waals surface area contributed by atoms with Crippen LogP contribution in [0.3, 0.4) is 0 Å². The lowest BCUT2D eigenvalue weighted by Crippen LogP contribution is -2.46. The number of hydrogen-bond donors (Lipinski definition) is 4. The van der Waals surface area contributed by atoms with Gasteiger partial charge in [0.05, 0.1) is 18.6 Å². The molecule has 1 aromatic carbocycles. The molecule has 1 unspecified atom stereocenters. The van der Waals surface area contributed by atoms with Gasteiger partial charge < -0.3 is 34.5 Å². The van der Waals surface area contributed by atoms with Gasteiger partial charge in [0.2, 0.25) is 0 Å². The molecule has 0 aliphatic carbocycles. The van der Waals surface area contributed by atoms with E-state index in [2.05, 4.69) is 21.0 Å². The first-order valence-electron chi connectivity index (χ1n) is 11.7. The molecule has 202 valence electrons. The van der Waals surface area contributed by atoms with Crippen LogP contribution in [-0.2, 0) is 23.4 Å². The van der Waals surface area contributed by atoms with E-state index in [0.29, 0.717) is 11.0 Å². The second-order valence-electron chi connectivity index (χ2n) is 8.46. The third kappa shape index (κ3) is 5.37. The number of benzene rings is 1. The molecule has 4 rings (SSSR count). The van der Waals surface area contributed by atoms with Crippen LogP contribution in [0.25, 0.3) is 11.0 Å². The molecule has 0 bridgehead atoms. The van der Waals surface area contributed by atoms with Crippen LogP contribution in [0.4, 0.5) is 5.82 Å². The standard InChI is InChI=1S/C24H28N5O8P/c1-4-24(32)19(30)18(36-23(24)29-12-11-17-20(25)26-14-27-21(17)29)13-35-38(33,28-15(3)22(31)34-5-2)37-16-9-7-6-8-10-16/h1,6-12,14-15,18-19,23,30,32H,5,13H2,2-3H3,(H,28,33)(H2,25,26,27)/t15-,18+,19+,23+,24+,38?/m0/s1. The molecule has 38 heavy (non-hydrogen) atoms. The number of rotatable bonds is 10. The number of fused-ring (bicyclic) bond motifs is 1. The van der Waals surface area contributed by atoms with E-state index in [1.54, 1.807) is 43.3 Å². The van der Waals surface area contributed by atoms with E-state index in [0.717, 1.165) is 0 Å². The van der Waals surface area contributed by atoms with Gasteiger partial charge in [0, 0.05) is 6.20 Å². The molecule has 3 aromatic rings. The van der Waals surface area contributed by atoms with Crippen LogP contribution in [-0.4, -0.2) is 67.8 Å². The normalized spacial score (nSPS) is 25.4. The van der Waals surface area contributed by atoms with E-state index in [1.807, 2.05) is 0 Å². The van der Waals surface area contributed by atoms with Crippen molar-refractivity contribution in [3.8, 4) is 18.1 Å². The smallest absolute Gasteiger partial charge is 0.459 e. The fraction of sp³-hybridized carbons (Fsp3) is 0.375. The number of carbonyl (C=O) groups excluding carboxylic acids is 1. The van der Waals surface area contributed by atoms with Crippen LogP contribution < -0.4 is 15.3 Å². The van der Waals surface area contributed by atoms with Gasteiger partial charge in [-0.2, -0.15) is 5.09 Å². The molecule has 5 N–H and O–H groups in total. The van der Waals surface area contributed by atoms with Crippen molar-refractivity contribution in [2.75, 3.05) is 18.9 Å². The van der Waals surface area contributed by atoms with Crippen molar-refractivity contribution in [1.29, 1.82) is 0 Å². The topological polar surface area (TPSA) is 180 Å². The van der Waals surface area contributed by atoms with E-state index >= 15 is 0 Å². The summed E-state index contributed by atoms with van der Waals surface area (Å²) in [6.45, 7) is 2.65. The Kier molecular flexibility index (Phi) is 8.03. The number of aromatic nitrogens is 3. The summed E-state index contributed by atoms with van der Waals surface area (Å²) in [5.74, 6) is 1.92. The summed E-state index contributed by atoms with van der Waals surface area (Å²) in [7, 11) is -4.25. The lowest BCUT2D eigenvalue weighted by Gasteiger charge is -2.26. The van der Waals surface area contributed by atoms with E-state index in [4.69, 9.17) is 30.7 Å². The van der Waals surface area contributed by atoms with Crippen molar-refractivity contribution in [1.82, 2.24) is 19.6 Å². The molecule has 13 nitrogen and oxygen atoms in total. The number of esters is 1. The number of anilines is 1. The lowest BCUT2D eigenvalue weighted by atomic mass is 9.95. The van der Waals surface area contributed by atoms with Crippen molar-refractivity contribution in [2.24, 2.45) is 0 Å². The first-order chi connectivity index (χ1) is 18.1. The van der Waals surface area contributed by atoms with Crippen molar-refractivity contribution in [3.05, 3.63) is 48.9 Å². The Labute approximate surface area is 218 Å². The first kappa shape index (κ1) is 27.5. The van der Waals surface area contributed by atoms with Gasteiger partial charge in [-0.05, 0) is 32.0 Å². The molecule has 1 fully saturated rings. The molecule has 0 amide bonds. The summed E-state index contributed by atoms with van der Waals surface area (Å²) in [5, 5.41) is 25.2. The minimum Gasteiger partial charge on any atom is -0.465 e. The number of terminal acetylenes is 1. The maximum Gasteiger partial charge on any atom is 0.459 e. The van der Waals surface area contributed by atoms with Crippen LogP contribution in [0.5, 0.6) is 5.75 Å². The molecule has 6 atom stereocenters. The minimum absolute atomic E-state index is 0.119. The Morgan fingerprint density at radius 2 is 2.11 bits per heavy atom. The van der Waals surface area contributed by atoms with Gasteiger partial charge in [-0.15, -0.1) is 6.42 Å². The fourth-order valence-electron chi connectivity index (χ4n) is 3.96. The average Bonchev–Trinajstić information content (AvgIpc) is 3.43. The minimum atomic E-state index is -4.25.